The van der Waals surface area contributed by atoms with Gasteiger partial charge in [0.25, 0.3) is 0 Å². The van der Waals surface area contributed by atoms with Crippen LogP contribution in [0.5, 0.6) is 5.75 Å². The molecule has 14 heavy (non-hydrogen) atoms. The summed E-state index contributed by atoms with van der Waals surface area (Å²) in [5.41, 5.74) is 6.16. The summed E-state index contributed by atoms with van der Waals surface area (Å²) in [6.45, 7) is 0. The summed E-state index contributed by atoms with van der Waals surface area (Å²) in [4.78, 5) is 0. The Kier molecular flexibility index (Phi) is 2.19. The first-order valence-corrected chi connectivity index (χ1v) is 4.81. The van der Waals surface area contributed by atoms with E-state index in [-0.39, 0.29) is 11.3 Å². The van der Waals surface area contributed by atoms with Crippen molar-refractivity contribution >= 4 is 0 Å². The van der Waals surface area contributed by atoms with E-state index in [9.17, 15) is 4.39 Å². The van der Waals surface area contributed by atoms with Gasteiger partial charge in [0.1, 0.15) is 11.9 Å². The van der Waals surface area contributed by atoms with Crippen molar-refractivity contribution in [1.82, 2.24) is 0 Å². The van der Waals surface area contributed by atoms with Gasteiger partial charge < -0.3 is 10.8 Å². The van der Waals surface area contributed by atoms with Crippen molar-refractivity contribution in [2.24, 2.45) is 5.73 Å². The van der Waals surface area contributed by atoms with Crippen LogP contribution in [-0.2, 0) is 0 Å². The smallest absolute Gasteiger partial charge is 0.127 e. The monoisotopic (exact) mass is 195 g/mol. The highest BCUT2D eigenvalue weighted by Gasteiger charge is 2.40. The first-order chi connectivity index (χ1) is 6.59. The number of halogens is 1. The second-order valence-electron chi connectivity index (χ2n) is 4.13. The minimum absolute atomic E-state index is 0.162. The largest absolute Gasteiger partial charge is 0.508 e. The molecular weight excluding hydrogens is 181 g/mol. The summed E-state index contributed by atoms with van der Waals surface area (Å²) < 4.78 is 13.6. The quantitative estimate of drug-likeness (QED) is 0.777. The summed E-state index contributed by atoms with van der Waals surface area (Å²) in [5.74, 6) is 0.162. The predicted molar refractivity (Wildman–Crippen MR) is 52.7 cm³/mol. The van der Waals surface area contributed by atoms with Crippen LogP contribution in [0.15, 0.2) is 24.3 Å². The number of aromatic hydroxyl groups is 1. The van der Waals surface area contributed by atoms with E-state index < -0.39 is 6.17 Å². The lowest BCUT2D eigenvalue weighted by atomic mass is 10.0. The number of alkyl halides is 1. The highest BCUT2D eigenvalue weighted by molar-refractivity contribution is 5.27. The van der Waals surface area contributed by atoms with Crippen LogP contribution in [0.3, 0.4) is 0 Å². The zero-order chi connectivity index (χ0) is 10.2. The Balaban J connectivity index is 2.03. The number of phenolic OH excluding ortho intramolecular Hbond substituents is 1. The maximum atomic E-state index is 13.6. The predicted octanol–water partition coefficient (Wildman–Crippen LogP) is 2.28. The highest BCUT2D eigenvalue weighted by atomic mass is 19.1. The molecule has 3 N–H and O–H groups in total. The van der Waals surface area contributed by atoms with Gasteiger partial charge in [0, 0.05) is 12.0 Å². The van der Waals surface area contributed by atoms with Crippen molar-refractivity contribution in [1.29, 1.82) is 0 Å². The fourth-order valence-corrected chi connectivity index (χ4v) is 1.52. The molecule has 0 radical (unpaired) electrons. The fraction of sp³-hybridized carbons (Fsp3) is 0.455. The molecule has 0 bridgehead atoms. The second kappa shape index (κ2) is 3.24. The molecule has 0 saturated heterocycles. The molecule has 1 aromatic rings. The summed E-state index contributed by atoms with van der Waals surface area (Å²) in [6.07, 6.45) is 1.22. The summed E-state index contributed by atoms with van der Waals surface area (Å²) in [5, 5.41) is 9.04. The van der Waals surface area contributed by atoms with Crippen LogP contribution in [-0.4, -0.2) is 10.6 Å². The summed E-state index contributed by atoms with van der Waals surface area (Å²) >= 11 is 0. The first-order valence-electron chi connectivity index (χ1n) is 4.81. The highest BCUT2D eigenvalue weighted by Crippen LogP contribution is 2.41. The number of hydrogen-bond acceptors (Lipinski definition) is 2. The lowest BCUT2D eigenvalue weighted by molar-refractivity contribution is 0.295. The molecule has 1 fully saturated rings. The lowest BCUT2D eigenvalue weighted by Crippen LogP contribution is -2.23. The Morgan fingerprint density at radius 3 is 2.43 bits per heavy atom. The molecule has 1 unspecified atom stereocenters. The van der Waals surface area contributed by atoms with Crippen LogP contribution in [0.2, 0.25) is 0 Å². The van der Waals surface area contributed by atoms with E-state index in [0.717, 1.165) is 12.8 Å². The lowest BCUT2D eigenvalue weighted by Gasteiger charge is -2.13. The van der Waals surface area contributed by atoms with Gasteiger partial charge in [0.15, 0.2) is 0 Å². The Labute approximate surface area is 82.5 Å². The average molecular weight is 195 g/mol. The van der Waals surface area contributed by atoms with E-state index in [4.69, 9.17) is 10.8 Å². The number of nitrogens with two attached hydrogens (primary N) is 1. The molecule has 0 aliphatic heterocycles. The molecule has 2 rings (SSSR count). The van der Waals surface area contributed by atoms with Crippen LogP contribution in [0.1, 0.15) is 31.0 Å². The molecule has 0 spiro atoms. The minimum atomic E-state index is -1.01. The van der Waals surface area contributed by atoms with Gasteiger partial charge in [-0.25, -0.2) is 4.39 Å². The van der Waals surface area contributed by atoms with Crippen molar-refractivity contribution in [2.75, 3.05) is 0 Å². The second-order valence-corrected chi connectivity index (χ2v) is 4.13. The first kappa shape index (κ1) is 9.46. The zero-order valence-electron chi connectivity index (χ0n) is 7.91. The van der Waals surface area contributed by atoms with Gasteiger partial charge in [-0.2, -0.15) is 0 Å². The number of benzene rings is 1. The van der Waals surface area contributed by atoms with Gasteiger partial charge in [-0.15, -0.1) is 0 Å². The van der Waals surface area contributed by atoms with Gasteiger partial charge in [0.05, 0.1) is 0 Å². The molecule has 1 aliphatic carbocycles. The van der Waals surface area contributed by atoms with Crippen molar-refractivity contribution in [3.8, 4) is 5.75 Å². The maximum absolute atomic E-state index is 13.6. The average Bonchev–Trinajstić information content (AvgIpc) is 2.84. The molecule has 0 amide bonds. The van der Waals surface area contributed by atoms with Gasteiger partial charge >= 0.3 is 0 Å². The van der Waals surface area contributed by atoms with Crippen molar-refractivity contribution < 1.29 is 9.50 Å². The molecule has 76 valence electrons. The van der Waals surface area contributed by atoms with Gasteiger partial charge in [-0.3, -0.25) is 0 Å². The van der Waals surface area contributed by atoms with E-state index >= 15 is 0 Å². The third-order valence-corrected chi connectivity index (χ3v) is 2.73. The van der Waals surface area contributed by atoms with Crippen molar-refractivity contribution in [3.05, 3.63) is 29.8 Å². The Morgan fingerprint density at radius 2 is 1.93 bits per heavy atom. The van der Waals surface area contributed by atoms with Gasteiger partial charge in [-0.1, -0.05) is 12.1 Å². The molecule has 1 aromatic carbocycles. The number of phenols is 1. The summed E-state index contributed by atoms with van der Waals surface area (Å²) in [6, 6.07) is 6.20. The van der Waals surface area contributed by atoms with Gasteiger partial charge in [-0.05, 0) is 30.5 Å². The van der Waals surface area contributed by atoms with Crippen LogP contribution in [0, 0.1) is 0 Å². The molecule has 0 aromatic heterocycles. The van der Waals surface area contributed by atoms with E-state index in [1.165, 1.54) is 12.1 Å². The van der Waals surface area contributed by atoms with E-state index in [0.29, 0.717) is 12.0 Å². The third-order valence-electron chi connectivity index (χ3n) is 2.73. The number of hydrogen-bond donors (Lipinski definition) is 2. The Morgan fingerprint density at radius 1 is 1.36 bits per heavy atom. The maximum Gasteiger partial charge on any atom is 0.127 e. The molecule has 1 aliphatic rings. The molecule has 1 saturated carbocycles. The van der Waals surface area contributed by atoms with Crippen molar-refractivity contribution in [2.45, 2.75) is 31.0 Å². The van der Waals surface area contributed by atoms with E-state index in [1.807, 2.05) is 0 Å². The fourth-order valence-electron chi connectivity index (χ4n) is 1.52. The molecule has 3 heteroatoms. The Hall–Kier alpha value is -1.09. The van der Waals surface area contributed by atoms with Crippen LogP contribution in [0.4, 0.5) is 4.39 Å². The Bertz CT molecular complexity index is 319. The molecule has 2 nitrogen and oxygen atoms in total. The van der Waals surface area contributed by atoms with Crippen molar-refractivity contribution in [3.63, 3.8) is 0 Å². The topological polar surface area (TPSA) is 46.2 Å². The van der Waals surface area contributed by atoms with E-state index in [2.05, 4.69) is 0 Å². The summed E-state index contributed by atoms with van der Waals surface area (Å²) in [7, 11) is 0. The minimum Gasteiger partial charge on any atom is -0.508 e. The standard InChI is InChI=1S/C11H14FNO/c12-10(7-11(13)5-6-11)8-1-3-9(14)4-2-8/h1-4,10,14H,5-7,13H2. The van der Waals surface area contributed by atoms with Crippen LogP contribution in [0.25, 0.3) is 0 Å². The normalized spacial score (nSPS) is 20.4. The zero-order valence-corrected chi connectivity index (χ0v) is 7.91. The number of rotatable bonds is 3. The molecular formula is C11H14FNO. The molecule has 0 heterocycles. The van der Waals surface area contributed by atoms with Gasteiger partial charge in [0.2, 0.25) is 0 Å². The third kappa shape index (κ3) is 2.04. The van der Waals surface area contributed by atoms with Crippen LogP contribution < -0.4 is 5.73 Å². The van der Waals surface area contributed by atoms with Crippen LogP contribution >= 0.6 is 0 Å². The SMILES string of the molecule is NC1(CC(F)c2ccc(O)cc2)CC1. The van der Waals surface area contributed by atoms with E-state index in [1.54, 1.807) is 12.1 Å². The molecule has 1 atom stereocenters.